The first-order valence-corrected chi connectivity index (χ1v) is 10.0. The number of alkyl halides is 1. The predicted molar refractivity (Wildman–Crippen MR) is 112 cm³/mol. The van der Waals surface area contributed by atoms with Gasteiger partial charge in [0.05, 0.1) is 18.2 Å². The summed E-state index contributed by atoms with van der Waals surface area (Å²) in [4.78, 5) is 23.3. The molecule has 1 saturated heterocycles. The zero-order chi connectivity index (χ0) is 20.4. The van der Waals surface area contributed by atoms with E-state index in [2.05, 4.69) is 26.3 Å². The summed E-state index contributed by atoms with van der Waals surface area (Å²) in [5.74, 6) is 0.497. The Bertz CT molecular complexity index is 1010. The number of likely N-dealkylation sites (tertiary alicyclic amines) is 1. The number of halogens is 1. The Balaban J connectivity index is 1.45. The van der Waals surface area contributed by atoms with Crippen LogP contribution >= 0.6 is 0 Å². The first kappa shape index (κ1) is 19.5. The number of anilines is 1. The molecule has 7 heteroatoms. The third-order valence-corrected chi connectivity index (χ3v) is 5.55. The molecule has 1 fully saturated rings. The minimum absolute atomic E-state index is 0.00686. The van der Waals surface area contributed by atoms with Crippen molar-refractivity contribution in [1.29, 1.82) is 0 Å². The maximum absolute atomic E-state index is 13.2. The summed E-state index contributed by atoms with van der Waals surface area (Å²) in [7, 11) is 1.96. The number of rotatable bonds is 5. The van der Waals surface area contributed by atoms with Gasteiger partial charge in [-0.1, -0.05) is 12.1 Å². The number of pyridine rings is 1. The fraction of sp³-hybridized carbons (Fsp3) is 0.409. The van der Waals surface area contributed by atoms with Crippen LogP contribution in [-0.2, 0) is 11.8 Å². The number of nitrogens with one attached hydrogen (secondary N) is 1. The molecule has 0 aliphatic carbocycles. The molecule has 4 rings (SSSR count). The van der Waals surface area contributed by atoms with E-state index in [1.54, 1.807) is 19.4 Å². The normalized spacial score (nSPS) is 16.8. The average molecular weight is 395 g/mol. The van der Waals surface area contributed by atoms with Crippen LogP contribution in [0, 0.1) is 5.92 Å². The van der Waals surface area contributed by atoms with Gasteiger partial charge in [-0.05, 0) is 50.4 Å². The molecule has 152 valence electrons. The molecule has 1 atom stereocenters. The SMILES string of the molecule is C[C@H](F)CN1CCC(C(=O)Nc2cc3cc(-c4cncn4C)ccc3cn2)CC1. The van der Waals surface area contributed by atoms with Gasteiger partial charge in [0.25, 0.3) is 0 Å². The standard InChI is InChI=1S/C22H26FN5O/c1-15(23)13-28-7-5-16(6-8-28)22(29)26-21-10-19-9-17(3-4-18(19)11-25-21)20-12-24-14-27(20)2/h3-4,9-12,14-16H,5-8,13H2,1-2H3,(H,25,26,29)/t15-/m0/s1. The van der Waals surface area contributed by atoms with Crippen molar-refractivity contribution in [3.8, 4) is 11.3 Å². The second-order valence-corrected chi connectivity index (χ2v) is 7.87. The number of benzene rings is 1. The molecule has 0 radical (unpaired) electrons. The molecule has 3 aromatic rings. The third kappa shape index (κ3) is 4.45. The van der Waals surface area contributed by atoms with Crippen LogP contribution < -0.4 is 5.32 Å². The van der Waals surface area contributed by atoms with Gasteiger partial charge in [-0.15, -0.1) is 0 Å². The molecule has 1 aromatic carbocycles. The molecule has 6 nitrogen and oxygen atoms in total. The van der Waals surface area contributed by atoms with Crippen LogP contribution in [0.4, 0.5) is 10.2 Å². The van der Waals surface area contributed by atoms with Crippen LogP contribution in [-0.4, -0.2) is 51.1 Å². The van der Waals surface area contributed by atoms with Gasteiger partial charge in [-0.25, -0.2) is 14.4 Å². The van der Waals surface area contributed by atoms with E-state index < -0.39 is 6.17 Å². The highest BCUT2D eigenvalue weighted by Gasteiger charge is 2.25. The van der Waals surface area contributed by atoms with Crippen LogP contribution in [0.1, 0.15) is 19.8 Å². The van der Waals surface area contributed by atoms with Gasteiger partial charge < -0.3 is 14.8 Å². The van der Waals surface area contributed by atoms with E-state index in [1.807, 2.05) is 36.0 Å². The van der Waals surface area contributed by atoms with Crippen LogP contribution in [0.5, 0.6) is 0 Å². The van der Waals surface area contributed by atoms with Gasteiger partial charge in [0.2, 0.25) is 5.91 Å². The number of fused-ring (bicyclic) bond motifs is 1. The summed E-state index contributed by atoms with van der Waals surface area (Å²) in [5, 5.41) is 5.00. The van der Waals surface area contributed by atoms with E-state index in [0.29, 0.717) is 12.4 Å². The highest BCUT2D eigenvalue weighted by atomic mass is 19.1. The Morgan fingerprint density at radius 1 is 1.24 bits per heavy atom. The molecular weight excluding hydrogens is 369 g/mol. The van der Waals surface area contributed by atoms with Gasteiger partial charge in [0.1, 0.15) is 12.0 Å². The minimum Gasteiger partial charge on any atom is -0.334 e. The zero-order valence-corrected chi connectivity index (χ0v) is 16.8. The van der Waals surface area contributed by atoms with Crippen LogP contribution in [0.2, 0.25) is 0 Å². The maximum atomic E-state index is 13.2. The Kier molecular flexibility index (Phi) is 5.58. The van der Waals surface area contributed by atoms with Gasteiger partial charge in [-0.3, -0.25) is 4.79 Å². The number of imidazole rings is 1. The van der Waals surface area contributed by atoms with Gasteiger partial charge >= 0.3 is 0 Å². The van der Waals surface area contributed by atoms with Crippen molar-refractivity contribution in [2.75, 3.05) is 25.0 Å². The predicted octanol–water partition coefficient (Wildman–Crippen LogP) is 3.64. The first-order chi connectivity index (χ1) is 14.0. The summed E-state index contributed by atoms with van der Waals surface area (Å²) in [6.45, 7) is 3.53. The summed E-state index contributed by atoms with van der Waals surface area (Å²) in [6, 6.07) is 8.07. The maximum Gasteiger partial charge on any atom is 0.228 e. The number of piperidine rings is 1. The molecule has 0 spiro atoms. The van der Waals surface area contributed by atoms with Crippen LogP contribution in [0.3, 0.4) is 0 Å². The highest BCUT2D eigenvalue weighted by Crippen LogP contribution is 2.26. The van der Waals surface area contributed by atoms with Gasteiger partial charge in [0.15, 0.2) is 0 Å². The highest BCUT2D eigenvalue weighted by molar-refractivity contribution is 5.95. The number of hydrogen-bond acceptors (Lipinski definition) is 4. The number of carbonyl (C=O) groups excluding carboxylic acids is 1. The van der Waals surface area contributed by atoms with Crippen LogP contribution in [0.25, 0.3) is 22.0 Å². The van der Waals surface area contributed by atoms with E-state index in [-0.39, 0.29) is 11.8 Å². The summed E-state index contributed by atoms with van der Waals surface area (Å²) >= 11 is 0. The molecule has 0 unspecified atom stereocenters. The Morgan fingerprint density at radius 2 is 2.03 bits per heavy atom. The van der Waals surface area contributed by atoms with Crippen molar-refractivity contribution in [3.05, 3.63) is 43.0 Å². The van der Waals surface area contributed by atoms with Crippen molar-refractivity contribution >= 4 is 22.5 Å². The van der Waals surface area contributed by atoms with E-state index in [4.69, 9.17) is 0 Å². The second kappa shape index (κ2) is 8.29. The topological polar surface area (TPSA) is 63.1 Å². The smallest absolute Gasteiger partial charge is 0.228 e. The Labute approximate surface area is 169 Å². The first-order valence-electron chi connectivity index (χ1n) is 10.0. The largest absolute Gasteiger partial charge is 0.334 e. The van der Waals surface area contributed by atoms with Crippen molar-refractivity contribution in [2.45, 2.75) is 25.9 Å². The van der Waals surface area contributed by atoms with Crippen molar-refractivity contribution in [3.63, 3.8) is 0 Å². The lowest BCUT2D eigenvalue weighted by Gasteiger charge is -2.31. The molecule has 1 N–H and O–H groups in total. The number of nitrogens with zero attached hydrogens (tertiary/aromatic N) is 4. The molecular formula is C22H26FN5O. The van der Waals surface area contributed by atoms with E-state index in [0.717, 1.165) is 48.0 Å². The van der Waals surface area contributed by atoms with Crippen molar-refractivity contribution < 1.29 is 9.18 Å². The number of aryl methyl sites for hydroxylation is 1. The lowest BCUT2D eigenvalue weighted by Crippen LogP contribution is -2.40. The summed E-state index contributed by atoms with van der Waals surface area (Å²) in [6.07, 6.45) is 6.05. The van der Waals surface area contributed by atoms with E-state index in [9.17, 15) is 9.18 Å². The second-order valence-electron chi connectivity index (χ2n) is 7.87. The molecule has 3 heterocycles. The Morgan fingerprint density at radius 3 is 2.72 bits per heavy atom. The molecule has 1 aliphatic rings. The van der Waals surface area contributed by atoms with Crippen molar-refractivity contribution in [2.24, 2.45) is 13.0 Å². The molecule has 1 amide bonds. The van der Waals surface area contributed by atoms with E-state index >= 15 is 0 Å². The molecule has 2 aromatic heterocycles. The monoisotopic (exact) mass is 395 g/mol. The third-order valence-electron chi connectivity index (χ3n) is 5.55. The van der Waals surface area contributed by atoms with Gasteiger partial charge in [-0.2, -0.15) is 0 Å². The van der Waals surface area contributed by atoms with Crippen molar-refractivity contribution in [1.82, 2.24) is 19.4 Å². The molecule has 29 heavy (non-hydrogen) atoms. The molecule has 0 bridgehead atoms. The lowest BCUT2D eigenvalue weighted by atomic mass is 9.95. The Hall–Kier alpha value is -2.80. The summed E-state index contributed by atoms with van der Waals surface area (Å²) in [5.41, 5.74) is 2.10. The van der Waals surface area contributed by atoms with E-state index in [1.165, 1.54) is 0 Å². The average Bonchev–Trinajstić information content (AvgIpc) is 3.13. The van der Waals surface area contributed by atoms with Gasteiger partial charge in [0, 0.05) is 36.7 Å². The minimum atomic E-state index is -0.835. The number of amides is 1. The lowest BCUT2D eigenvalue weighted by molar-refractivity contribution is -0.121. The fourth-order valence-corrected chi connectivity index (χ4v) is 3.97. The number of hydrogen-bond donors (Lipinski definition) is 1. The number of aromatic nitrogens is 3. The fourth-order valence-electron chi connectivity index (χ4n) is 3.97. The quantitative estimate of drug-likeness (QED) is 0.716. The zero-order valence-electron chi connectivity index (χ0n) is 16.8. The van der Waals surface area contributed by atoms with Crippen LogP contribution in [0.15, 0.2) is 43.0 Å². The summed E-state index contributed by atoms with van der Waals surface area (Å²) < 4.78 is 15.1. The molecule has 1 aliphatic heterocycles. The number of carbonyl (C=O) groups is 1. The molecule has 0 saturated carbocycles.